The van der Waals surface area contributed by atoms with Gasteiger partial charge >= 0.3 is 0 Å². The summed E-state index contributed by atoms with van der Waals surface area (Å²) >= 11 is 0. The molecule has 2 N–H and O–H groups in total. The molecule has 0 fully saturated rings. The normalized spacial score (nSPS) is 12.5. The summed E-state index contributed by atoms with van der Waals surface area (Å²) in [5.74, 6) is -0.0278. The summed E-state index contributed by atoms with van der Waals surface area (Å²) in [6.07, 6.45) is 0.955. The number of benzene rings is 1. The average Bonchev–Trinajstić information content (AvgIpc) is 2.37. The van der Waals surface area contributed by atoms with Gasteiger partial charge in [-0.25, -0.2) is 0 Å². The van der Waals surface area contributed by atoms with Crippen molar-refractivity contribution in [2.24, 2.45) is 5.73 Å². The first kappa shape index (κ1) is 14.7. The van der Waals surface area contributed by atoms with Crippen LogP contribution in [0.25, 0.3) is 0 Å². The number of hydrogen-bond donors (Lipinski definition) is 1. The van der Waals surface area contributed by atoms with Crippen LogP contribution in [-0.4, -0.2) is 49.9 Å². The molecule has 4 heteroatoms. The number of nitrogens with two attached hydrogens (primary N) is 1. The zero-order valence-corrected chi connectivity index (χ0v) is 11.5. The van der Waals surface area contributed by atoms with Crippen LogP contribution in [0.3, 0.4) is 0 Å². The lowest BCUT2D eigenvalue weighted by Gasteiger charge is -2.22. The highest BCUT2D eigenvalue weighted by molar-refractivity contribution is 5.82. The zero-order valence-electron chi connectivity index (χ0n) is 11.5. The van der Waals surface area contributed by atoms with Crippen LogP contribution in [0.4, 0.5) is 0 Å². The molecule has 1 amide bonds. The van der Waals surface area contributed by atoms with Crippen LogP contribution in [0.15, 0.2) is 30.3 Å². The summed E-state index contributed by atoms with van der Waals surface area (Å²) < 4.78 is 0. The quantitative estimate of drug-likeness (QED) is 0.821. The summed E-state index contributed by atoms with van der Waals surface area (Å²) in [4.78, 5) is 15.9. The minimum Gasteiger partial charge on any atom is -0.344 e. The molecule has 18 heavy (non-hydrogen) atoms. The van der Waals surface area contributed by atoms with Gasteiger partial charge in [0.2, 0.25) is 5.91 Å². The molecule has 0 spiro atoms. The first-order valence-electron chi connectivity index (χ1n) is 6.22. The number of rotatable bonds is 6. The minimum absolute atomic E-state index is 0.0278. The predicted molar refractivity (Wildman–Crippen MR) is 74.2 cm³/mol. The van der Waals surface area contributed by atoms with Crippen molar-refractivity contribution < 1.29 is 4.79 Å². The van der Waals surface area contributed by atoms with Crippen LogP contribution in [0.2, 0.25) is 0 Å². The van der Waals surface area contributed by atoms with Gasteiger partial charge in [0, 0.05) is 13.6 Å². The van der Waals surface area contributed by atoms with E-state index in [0.717, 1.165) is 25.1 Å². The molecule has 4 nitrogen and oxygen atoms in total. The predicted octanol–water partition coefficient (Wildman–Crippen LogP) is 1.10. The summed E-state index contributed by atoms with van der Waals surface area (Å²) in [7, 11) is 5.86. The lowest BCUT2D eigenvalue weighted by Crippen LogP contribution is -2.37. The maximum atomic E-state index is 12.1. The molecule has 0 bridgehead atoms. The van der Waals surface area contributed by atoms with Crippen molar-refractivity contribution in [3.05, 3.63) is 35.9 Å². The van der Waals surface area contributed by atoms with Crippen LogP contribution < -0.4 is 5.73 Å². The molecule has 0 saturated heterocycles. The number of carbonyl (C=O) groups excluding carboxylic acids is 1. The molecule has 1 rings (SSSR count). The van der Waals surface area contributed by atoms with Gasteiger partial charge in [0.15, 0.2) is 0 Å². The number of likely N-dealkylation sites (N-methyl/N-ethyl adjacent to an activating group) is 1. The van der Waals surface area contributed by atoms with Crippen molar-refractivity contribution in [2.75, 3.05) is 34.2 Å². The fourth-order valence-corrected chi connectivity index (χ4v) is 1.77. The largest absolute Gasteiger partial charge is 0.344 e. The van der Waals surface area contributed by atoms with Crippen LogP contribution in [0, 0.1) is 0 Å². The molecular weight excluding hydrogens is 226 g/mol. The van der Waals surface area contributed by atoms with Gasteiger partial charge in [0.25, 0.3) is 0 Å². The Labute approximate surface area is 109 Å². The summed E-state index contributed by atoms with van der Waals surface area (Å²) in [5, 5.41) is 0. The first-order valence-corrected chi connectivity index (χ1v) is 6.22. The highest BCUT2D eigenvalue weighted by atomic mass is 16.2. The van der Waals surface area contributed by atoms with E-state index >= 15 is 0 Å². The Morgan fingerprint density at radius 1 is 1.17 bits per heavy atom. The molecule has 0 unspecified atom stereocenters. The Bertz CT molecular complexity index is 365. The Hall–Kier alpha value is -1.39. The molecule has 1 atom stereocenters. The SMILES string of the molecule is CN(C)CCCN(C)C(=O)[C@H](N)c1ccccc1. The van der Waals surface area contributed by atoms with Gasteiger partial charge in [-0.05, 0) is 32.6 Å². The van der Waals surface area contributed by atoms with E-state index in [1.165, 1.54) is 0 Å². The lowest BCUT2D eigenvalue weighted by molar-refractivity contribution is -0.131. The maximum absolute atomic E-state index is 12.1. The Balaban J connectivity index is 2.48. The van der Waals surface area contributed by atoms with E-state index in [4.69, 9.17) is 5.73 Å². The highest BCUT2D eigenvalue weighted by Gasteiger charge is 2.19. The number of hydrogen-bond acceptors (Lipinski definition) is 3. The van der Waals surface area contributed by atoms with Gasteiger partial charge in [0.05, 0.1) is 0 Å². The maximum Gasteiger partial charge on any atom is 0.243 e. The van der Waals surface area contributed by atoms with E-state index in [-0.39, 0.29) is 5.91 Å². The second-order valence-corrected chi connectivity index (χ2v) is 4.80. The van der Waals surface area contributed by atoms with Crippen molar-refractivity contribution in [1.29, 1.82) is 0 Å². The third-order valence-corrected chi connectivity index (χ3v) is 2.90. The Kier molecular flexibility index (Phi) is 5.82. The summed E-state index contributed by atoms with van der Waals surface area (Å²) in [6, 6.07) is 8.92. The lowest BCUT2D eigenvalue weighted by atomic mass is 10.1. The molecule has 0 aromatic heterocycles. The Morgan fingerprint density at radius 2 is 1.78 bits per heavy atom. The zero-order chi connectivity index (χ0) is 13.5. The van der Waals surface area contributed by atoms with E-state index in [9.17, 15) is 4.79 Å². The summed E-state index contributed by atoms with van der Waals surface area (Å²) in [5.41, 5.74) is 6.83. The Morgan fingerprint density at radius 3 is 2.33 bits per heavy atom. The molecular formula is C14H23N3O. The number of amides is 1. The molecule has 100 valence electrons. The van der Waals surface area contributed by atoms with Gasteiger partial charge in [-0.15, -0.1) is 0 Å². The molecule has 0 aliphatic heterocycles. The van der Waals surface area contributed by atoms with Crippen molar-refractivity contribution in [1.82, 2.24) is 9.80 Å². The monoisotopic (exact) mass is 249 g/mol. The second kappa shape index (κ2) is 7.13. The fourth-order valence-electron chi connectivity index (χ4n) is 1.77. The minimum atomic E-state index is -0.560. The van der Waals surface area contributed by atoms with Gasteiger partial charge in [-0.2, -0.15) is 0 Å². The molecule has 1 aromatic rings. The summed E-state index contributed by atoms with van der Waals surface area (Å²) in [6.45, 7) is 1.70. The molecule has 0 aliphatic rings. The standard InChI is InChI=1S/C14H23N3O/c1-16(2)10-7-11-17(3)14(18)13(15)12-8-5-4-6-9-12/h4-6,8-9,13H,7,10-11,15H2,1-3H3/t13-/m1/s1. The smallest absolute Gasteiger partial charge is 0.243 e. The second-order valence-electron chi connectivity index (χ2n) is 4.80. The van der Waals surface area contributed by atoms with E-state index in [1.54, 1.807) is 11.9 Å². The molecule has 0 radical (unpaired) electrons. The molecule has 0 saturated carbocycles. The van der Waals surface area contributed by atoms with Gasteiger partial charge in [0.1, 0.15) is 6.04 Å². The van der Waals surface area contributed by atoms with E-state index in [2.05, 4.69) is 4.90 Å². The topological polar surface area (TPSA) is 49.6 Å². The van der Waals surface area contributed by atoms with Gasteiger partial charge in [-0.3, -0.25) is 4.79 Å². The van der Waals surface area contributed by atoms with Crippen molar-refractivity contribution in [2.45, 2.75) is 12.5 Å². The molecule has 0 heterocycles. The molecule has 0 aliphatic carbocycles. The van der Waals surface area contributed by atoms with Crippen molar-refractivity contribution in [3.63, 3.8) is 0 Å². The van der Waals surface area contributed by atoms with Crippen LogP contribution in [-0.2, 0) is 4.79 Å². The third-order valence-electron chi connectivity index (χ3n) is 2.90. The van der Waals surface area contributed by atoms with Crippen LogP contribution in [0.5, 0.6) is 0 Å². The fraction of sp³-hybridized carbons (Fsp3) is 0.500. The number of carbonyl (C=O) groups is 1. The molecule has 1 aromatic carbocycles. The van der Waals surface area contributed by atoms with E-state index in [1.807, 2.05) is 44.4 Å². The van der Waals surface area contributed by atoms with Crippen LogP contribution >= 0.6 is 0 Å². The van der Waals surface area contributed by atoms with Gasteiger partial charge in [-0.1, -0.05) is 30.3 Å². The first-order chi connectivity index (χ1) is 8.52. The van der Waals surface area contributed by atoms with Crippen LogP contribution in [0.1, 0.15) is 18.0 Å². The average molecular weight is 249 g/mol. The third kappa shape index (κ3) is 4.47. The van der Waals surface area contributed by atoms with E-state index in [0.29, 0.717) is 0 Å². The highest BCUT2D eigenvalue weighted by Crippen LogP contribution is 2.12. The van der Waals surface area contributed by atoms with Gasteiger partial charge < -0.3 is 15.5 Å². The number of nitrogens with zero attached hydrogens (tertiary/aromatic N) is 2. The van der Waals surface area contributed by atoms with E-state index < -0.39 is 6.04 Å². The van der Waals surface area contributed by atoms with Crippen molar-refractivity contribution >= 4 is 5.91 Å². The van der Waals surface area contributed by atoms with Crippen molar-refractivity contribution in [3.8, 4) is 0 Å².